The van der Waals surface area contributed by atoms with E-state index in [1.807, 2.05) is 6.07 Å². The van der Waals surface area contributed by atoms with Crippen molar-refractivity contribution in [3.63, 3.8) is 0 Å². The molecule has 0 aromatic heterocycles. The molecule has 0 unspecified atom stereocenters. The van der Waals surface area contributed by atoms with E-state index in [-0.39, 0.29) is 6.42 Å². The summed E-state index contributed by atoms with van der Waals surface area (Å²) in [5.74, 6) is 0. The lowest BCUT2D eigenvalue weighted by atomic mass is 10.1. The Morgan fingerprint density at radius 3 is 2.83 bits per heavy atom. The Bertz CT molecular complexity index is 344. The van der Waals surface area contributed by atoms with E-state index in [0.29, 0.717) is 10.7 Å². The lowest BCUT2D eigenvalue weighted by Crippen LogP contribution is -1.91. The fourth-order valence-electron chi connectivity index (χ4n) is 0.883. The van der Waals surface area contributed by atoms with Crippen LogP contribution in [0.25, 0.3) is 0 Å². The molecule has 1 aromatic carbocycles. The van der Waals surface area contributed by atoms with Crippen molar-refractivity contribution in [2.45, 2.75) is 6.42 Å². The maximum Gasteiger partial charge on any atom is 0.0678 e. The van der Waals surface area contributed by atoms with Crippen molar-refractivity contribution in [1.82, 2.24) is 0 Å². The van der Waals surface area contributed by atoms with E-state index < -0.39 is 0 Å². The number of nitriles is 1. The Morgan fingerprint density at radius 1 is 1.58 bits per heavy atom. The zero-order chi connectivity index (χ0) is 9.14. The lowest BCUT2D eigenvalue weighted by molar-refractivity contribution is 1.26. The van der Waals surface area contributed by atoms with E-state index in [1.54, 1.807) is 12.1 Å². The second-order valence-corrected chi connectivity index (χ2v) is 3.60. The van der Waals surface area contributed by atoms with Gasteiger partial charge in [0.05, 0.1) is 23.2 Å². The van der Waals surface area contributed by atoms with Gasteiger partial charge in [0.15, 0.2) is 0 Å². The molecule has 0 spiro atoms. The third kappa shape index (κ3) is 1.90. The quantitative estimate of drug-likeness (QED) is 0.774. The average Bonchev–Trinajstić information content (AvgIpc) is 2.00. The minimum Gasteiger partial charge on any atom is -0.397 e. The van der Waals surface area contributed by atoms with Crippen LogP contribution in [0.15, 0.2) is 16.6 Å². The summed E-state index contributed by atoms with van der Waals surface area (Å²) in [4.78, 5) is 0. The average molecular weight is 246 g/mol. The Hall–Kier alpha value is -0.720. The molecular weight excluding hydrogens is 239 g/mol. The van der Waals surface area contributed by atoms with Crippen LogP contribution in [0.1, 0.15) is 5.56 Å². The van der Waals surface area contributed by atoms with Crippen LogP contribution in [0, 0.1) is 11.3 Å². The molecule has 2 nitrogen and oxygen atoms in total. The zero-order valence-corrected chi connectivity index (χ0v) is 8.48. The largest absolute Gasteiger partial charge is 0.397 e. The molecule has 0 amide bonds. The van der Waals surface area contributed by atoms with E-state index in [9.17, 15) is 0 Å². The summed E-state index contributed by atoms with van der Waals surface area (Å²) in [5, 5.41) is 8.93. The van der Waals surface area contributed by atoms with Gasteiger partial charge in [-0.25, -0.2) is 0 Å². The number of hydrogen-bond acceptors (Lipinski definition) is 2. The number of rotatable bonds is 1. The van der Waals surface area contributed by atoms with E-state index in [1.165, 1.54) is 0 Å². The fraction of sp³-hybridized carbons (Fsp3) is 0.125. The molecule has 0 saturated carbocycles. The molecule has 62 valence electrons. The van der Waals surface area contributed by atoms with Crippen LogP contribution in [0.2, 0.25) is 5.02 Å². The normalized spacial score (nSPS) is 9.42. The molecule has 1 aromatic rings. The SMILES string of the molecule is N#CCc1cc(Br)cc(N)c1Cl. The van der Waals surface area contributed by atoms with Crippen LogP contribution in [-0.2, 0) is 6.42 Å². The second-order valence-electron chi connectivity index (χ2n) is 2.30. The first-order valence-electron chi connectivity index (χ1n) is 3.25. The minimum absolute atomic E-state index is 0.280. The summed E-state index contributed by atoms with van der Waals surface area (Å²) in [6, 6.07) is 5.52. The van der Waals surface area contributed by atoms with Crippen molar-refractivity contribution < 1.29 is 0 Å². The van der Waals surface area contributed by atoms with Crippen molar-refractivity contribution in [2.24, 2.45) is 0 Å². The van der Waals surface area contributed by atoms with Gasteiger partial charge >= 0.3 is 0 Å². The van der Waals surface area contributed by atoms with Crippen LogP contribution in [0.3, 0.4) is 0 Å². The van der Waals surface area contributed by atoms with Gasteiger partial charge in [-0.3, -0.25) is 0 Å². The molecule has 12 heavy (non-hydrogen) atoms. The number of hydrogen-bond donors (Lipinski definition) is 1. The van der Waals surface area contributed by atoms with E-state index in [2.05, 4.69) is 15.9 Å². The molecule has 1 rings (SSSR count). The highest BCUT2D eigenvalue weighted by Crippen LogP contribution is 2.28. The predicted molar refractivity (Wildman–Crippen MR) is 52.9 cm³/mol. The second kappa shape index (κ2) is 3.79. The van der Waals surface area contributed by atoms with Crippen molar-refractivity contribution in [1.29, 1.82) is 5.26 Å². The van der Waals surface area contributed by atoms with Gasteiger partial charge in [-0.2, -0.15) is 5.26 Å². The Kier molecular flexibility index (Phi) is 2.96. The van der Waals surface area contributed by atoms with Gasteiger partial charge in [0.25, 0.3) is 0 Å². The number of nitrogens with zero attached hydrogens (tertiary/aromatic N) is 1. The number of anilines is 1. The zero-order valence-electron chi connectivity index (χ0n) is 6.14. The molecule has 0 aliphatic heterocycles. The number of nitrogen functional groups attached to an aromatic ring is 1. The maximum absolute atomic E-state index is 8.46. The molecule has 0 fully saturated rings. The topological polar surface area (TPSA) is 49.8 Å². The summed E-state index contributed by atoms with van der Waals surface area (Å²) in [5.41, 5.74) is 6.83. The highest BCUT2D eigenvalue weighted by atomic mass is 79.9. The van der Waals surface area contributed by atoms with Crippen LogP contribution in [0.5, 0.6) is 0 Å². The third-order valence-corrected chi connectivity index (χ3v) is 2.33. The fourth-order valence-corrected chi connectivity index (χ4v) is 1.58. The summed E-state index contributed by atoms with van der Waals surface area (Å²) < 4.78 is 0.842. The van der Waals surface area contributed by atoms with Gasteiger partial charge in [-0.1, -0.05) is 27.5 Å². The van der Waals surface area contributed by atoms with Gasteiger partial charge in [0.2, 0.25) is 0 Å². The number of nitrogens with two attached hydrogens (primary N) is 1. The summed E-state index contributed by atoms with van der Waals surface area (Å²) in [6.07, 6.45) is 0.280. The van der Waals surface area contributed by atoms with Crippen LogP contribution in [0.4, 0.5) is 5.69 Å². The van der Waals surface area contributed by atoms with Crippen molar-refractivity contribution in [2.75, 3.05) is 5.73 Å². The van der Waals surface area contributed by atoms with Crippen molar-refractivity contribution in [3.05, 3.63) is 27.2 Å². The molecule has 0 saturated heterocycles. The van der Waals surface area contributed by atoms with Crippen molar-refractivity contribution >= 4 is 33.2 Å². The third-order valence-electron chi connectivity index (χ3n) is 1.41. The Morgan fingerprint density at radius 2 is 2.25 bits per heavy atom. The molecule has 0 heterocycles. The number of benzene rings is 1. The molecular formula is C8H6BrClN2. The first kappa shape index (κ1) is 9.37. The maximum atomic E-state index is 8.46. The van der Waals surface area contributed by atoms with Crippen LogP contribution >= 0.6 is 27.5 Å². The first-order valence-corrected chi connectivity index (χ1v) is 4.42. The van der Waals surface area contributed by atoms with Gasteiger partial charge in [0.1, 0.15) is 0 Å². The van der Waals surface area contributed by atoms with Gasteiger partial charge in [-0.05, 0) is 17.7 Å². The summed E-state index contributed by atoms with van der Waals surface area (Å²) >= 11 is 9.12. The summed E-state index contributed by atoms with van der Waals surface area (Å²) in [6.45, 7) is 0. The number of halogens is 2. The standard InChI is InChI=1S/C8H6BrClN2/c9-6-3-5(1-2-11)8(10)7(12)4-6/h3-4H,1,12H2. The summed E-state index contributed by atoms with van der Waals surface area (Å²) in [7, 11) is 0. The van der Waals surface area contributed by atoms with E-state index in [0.717, 1.165) is 10.0 Å². The lowest BCUT2D eigenvalue weighted by Gasteiger charge is -2.03. The molecule has 4 heteroatoms. The van der Waals surface area contributed by atoms with Gasteiger partial charge in [0, 0.05) is 4.47 Å². The monoisotopic (exact) mass is 244 g/mol. The van der Waals surface area contributed by atoms with E-state index in [4.69, 9.17) is 22.6 Å². The van der Waals surface area contributed by atoms with Crippen LogP contribution in [-0.4, -0.2) is 0 Å². The smallest absolute Gasteiger partial charge is 0.0678 e. The van der Waals surface area contributed by atoms with Crippen LogP contribution < -0.4 is 5.73 Å². The first-order chi connectivity index (χ1) is 5.65. The molecule has 2 N–H and O–H groups in total. The Balaban J connectivity index is 3.20. The molecule has 0 bridgehead atoms. The van der Waals surface area contributed by atoms with Gasteiger partial charge in [-0.15, -0.1) is 0 Å². The highest BCUT2D eigenvalue weighted by molar-refractivity contribution is 9.10. The molecule has 0 aliphatic carbocycles. The van der Waals surface area contributed by atoms with Gasteiger partial charge < -0.3 is 5.73 Å². The molecule has 0 radical (unpaired) electrons. The minimum atomic E-state index is 0.280. The van der Waals surface area contributed by atoms with Crippen molar-refractivity contribution in [3.8, 4) is 6.07 Å². The predicted octanol–water partition coefficient (Wildman–Crippen LogP) is 2.75. The highest BCUT2D eigenvalue weighted by Gasteiger charge is 2.04. The molecule has 0 atom stereocenters. The van der Waals surface area contributed by atoms with E-state index >= 15 is 0 Å². The molecule has 0 aliphatic rings. The Labute approximate surface area is 84.1 Å².